The van der Waals surface area contributed by atoms with Gasteiger partial charge in [0.2, 0.25) is 5.17 Å². The highest BCUT2D eigenvalue weighted by atomic mass is 35.5. The largest absolute Gasteiger partial charge is 0.316 e. The van der Waals surface area contributed by atoms with E-state index in [1.807, 2.05) is 30.7 Å². The number of halogens is 2. The molecule has 0 atom stereocenters. The molecular formula is C19H15Cl2N5OS2. The van der Waals surface area contributed by atoms with Crippen molar-refractivity contribution in [3.63, 3.8) is 0 Å². The molecule has 4 rings (SSSR count). The molecule has 0 saturated carbocycles. The van der Waals surface area contributed by atoms with Gasteiger partial charge in [-0.3, -0.25) is 10.2 Å². The zero-order valence-corrected chi connectivity index (χ0v) is 18.8. The summed E-state index contributed by atoms with van der Waals surface area (Å²) in [6.07, 6.45) is 3.57. The van der Waals surface area contributed by atoms with Gasteiger partial charge in [-0.2, -0.15) is 10.0 Å². The van der Waals surface area contributed by atoms with Crippen LogP contribution in [-0.4, -0.2) is 37.1 Å². The maximum absolute atomic E-state index is 12.6. The lowest BCUT2D eigenvalue weighted by atomic mass is 10.1. The summed E-state index contributed by atoms with van der Waals surface area (Å²) in [4.78, 5) is 16.7. The summed E-state index contributed by atoms with van der Waals surface area (Å²) in [5.74, 6) is -0.431. The minimum Gasteiger partial charge on any atom is -0.316 e. The topological polar surface area (TPSA) is 73.8 Å². The van der Waals surface area contributed by atoms with Crippen LogP contribution >= 0.6 is 46.7 Å². The molecule has 0 radical (unpaired) electrons. The van der Waals surface area contributed by atoms with Crippen LogP contribution in [0.2, 0.25) is 10.0 Å². The number of carbonyl (C=O) groups excluding carboxylic acids is 1. The molecule has 6 nitrogen and oxygen atoms in total. The second kappa shape index (κ2) is 7.68. The zero-order valence-electron chi connectivity index (χ0n) is 15.7. The number of benzene rings is 1. The van der Waals surface area contributed by atoms with E-state index in [0.717, 1.165) is 27.0 Å². The standard InChI is InChI=1S/C19H15Cl2N5OS2/c1-9-6-11(10(2)25(9)15-8-12(20)4-5-14(15)21)7-13-16(22)26-18(23-17(13)27)29-19(24-26)28-3/h4-8,22H,1-3H3/b13-7-,22-16?. The molecule has 2 aromatic rings. The second-order valence-corrected chi connectivity index (χ2v) is 9.20. The first-order valence-electron chi connectivity index (χ1n) is 8.48. The van der Waals surface area contributed by atoms with Crippen molar-refractivity contribution in [2.45, 2.75) is 13.8 Å². The van der Waals surface area contributed by atoms with Crippen molar-refractivity contribution in [1.82, 2.24) is 9.58 Å². The van der Waals surface area contributed by atoms with E-state index in [0.29, 0.717) is 15.2 Å². The molecule has 0 fully saturated rings. The Morgan fingerprint density at radius 1 is 1.24 bits per heavy atom. The number of amides is 1. The maximum Gasteiger partial charge on any atom is 0.283 e. The van der Waals surface area contributed by atoms with Gasteiger partial charge in [-0.25, -0.2) is 0 Å². The van der Waals surface area contributed by atoms with Crippen molar-refractivity contribution in [2.75, 3.05) is 6.26 Å². The van der Waals surface area contributed by atoms with E-state index < -0.39 is 5.91 Å². The van der Waals surface area contributed by atoms with Gasteiger partial charge in [0.25, 0.3) is 5.91 Å². The molecule has 0 unspecified atom stereocenters. The van der Waals surface area contributed by atoms with Gasteiger partial charge in [0.05, 0.1) is 16.3 Å². The lowest BCUT2D eigenvalue weighted by molar-refractivity contribution is -0.114. The summed E-state index contributed by atoms with van der Waals surface area (Å²) < 4.78 is 2.72. The fourth-order valence-electron chi connectivity index (χ4n) is 3.17. The Bertz CT molecular complexity index is 1170. The lowest BCUT2D eigenvalue weighted by Gasteiger charge is -2.20. The van der Waals surface area contributed by atoms with Crippen molar-refractivity contribution < 1.29 is 4.79 Å². The van der Waals surface area contributed by atoms with Gasteiger partial charge in [0.15, 0.2) is 10.2 Å². The van der Waals surface area contributed by atoms with Crippen LogP contribution in [0.4, 0.5) is 0 Å². The maximum atomic E-state index is 12.6. The van der Waals surface area contributed by atoms with Crippen LogP contribution in [0.1, 0.15) is 17.0 Å². The van der Waals surface area contributed by atoms with E-state index in [-0.39, 0.29) is 11.4 Å². The van der Waals surface area contributed by atoms with Crippen LogP contribution in [0.5, 0.6) is 0 Å². The third kappa shape index (κ3) is 3.54. The van der Waals surface area contributed by atoms with Gasteiger partial charge in [0.1, 0.15) is 0 Å². The normalized spacial score (nSPS) is 17.7. The average Bonchev–Trinajstić information content (AvgIpc) is 3.21. The Morgan fingerprint density at radius 3 is 2.72 bits per heavy atom. The number of nitrogens with zero attached hydrogens (tertiary/aromatic N) is 4. The van der Waals surface area contributed by atoms with Crippen molar-refractivity contribution in [2.24, 2.45) is 10.1 Å². The van der Waals surface area contributed by atoms with Crippen LogP contribution in [-0.2, 0) is 4.79 Å². The van der Waals surface area contributed by atoms with E-state index in [1.165, 1.54) is 28.5 Å². The molecule has 1 amide bonds. The lowest BCUT2D eigenvalue weighted by Crippen LogP contribution is -2.35. The van der Waals surface area contributed by atoms with Crippen LogP contribution in [0.15, 0.2) is 39.9 Å². The van der Waals surface area contributed by atoms with Crippen LogP contribution < -0.4 is 0 Å². The number of hydrazone groups is 1. The summed E-state index contributed by atoms with van der Waals surface area (Å²) in [5.41, 5.74) is 3.55. The highest BCUT2D eigenvalue weighted by Gasteiger charge is 2.35. The number of hydrogen-bond acceptors (Lipinski definition) is 5. The summed E-state index contributed by atoms with van der Waals surface area (Å²) in [5, 5.41) is 15.8. The number of aryl methyl sites for hydroxylation is 1. The van der Waals surface area contributed by atoms with Crippen LogP contribution in [0, 0.1) is 19.3 Å². The molecular weight excluding hydrogens is 449 g/mol. The van der Waals surface area contributed by atoms with Gasteiger partial charge in [-0.15, -0.1) is 16.9 Å². The summed E-state index contributed by atoms with van der Waals surface area (Å²) in [7, 11) is 0. The molecule has 2 aliphatic heterocycles. The molecule has 3 heterocycles. The van der Waals surface area contributed by atoms with E-state index >= 15 is 0 Å². The number of fused-ring (bicyclic) bond motifs is 1. The first-order chi connectivity index (χ1) is 13.8. The minimum atomic E-state index is -0.447. The third-order valence-corrected chi connectivity index (χ3v) is 6.97. The molecule has 29 heavy (non-hydrogen) atoms. The van der Waals surface area contributed by atoms with Crippen molar-refractivity contribution >= 4 is 74.1 Å². The fraction of sp³-hybridized carbons (Fsp3) is 0.158. The predicted molar refractivity (Wildman–Crippen MR) is 124 cm³/mol. The highest BCUT2D eigenvalue weighted by Crippen LogP contribution is 2.33. The smallest absolute Gasteiger partial charge is 0.283 e. The number of nitrogens with one attached hydrogen (secondary N) is 1. The Kier molecular flexibility index (Phi) is 5.37. The highest BCUT2D eigenvalue weighted by molar-refractivity contribution is 8.45. The number of hydrogen-bond donors (Lipinski definition) is 1. The first kappa shape index (κ1) is 20.3. The number of aliphatic imine (C=N–C) groups is 1. The third-order valence-electron chi connectivity index (χ3n) is 4.53. The number of carbonyl (C=O) groups is 1. The van der Waals surface area contributed by atoms with E-state index in [9.17, 15) is 4.79 Å². The molecule has 0 aliphatic carbocycles. The Labute approximate surface area is 186 Å². The minimum absolute atomic E-state index is 0.0159. The number of aromatic nitrogens is 1. The second-order valence-electron chi connectivity index (χ2n) is 6.35. The Morgan fingerprint density at radius 2 is 2.00 bits per heavy atom. The van der Waals surface area contributed by atoms with E-state index in [1.54, 1.807) is 24.3 Å². The van der Waals surface area contributed by atoms with Gasteiger partial charge < -0.3 is 4.57 Å². The van der Waals surface area contributed by atoms with Crippen molar-refractivity contribution in [1.29, 1.82) is 5.41 Å². The Balaban J connectivity index is 1.78. The van der Waals surface area contributed by atoms with Crippen molar-refractivity contribution in [3.05, 3.63) is 56.8 Å². The summed E-state index contributed by atoms with van der Waals surface area (Å²) >= 11 is 15.3. The van der Waals surface area contributed by atoms with Gasteiger partial charge in [0, 0.05) is 16.4 Å². The molecule has 1 aromatic heterocycles. The fourth-order valence-corrected chi connectivity index (χ4v) is 4.89. The quantitative estimate of drug-likeness (QED) is 0.609. The van der Waals surface area contributed by atoms with E-state index in [4.69, 9.17) is 28.6 Å². The SMILES string of the molecule is CSC1=NN2C(=N)/C(=C/c3cc(C)n(-c4cc(Cl)ccc4Cl)c3C)C(=O)N=C2S1. The number of rotatable bonds is 2. The predicted octanol–water partition coefficient (Wildman–Crippen LogP) is 5.34. The molecule has 0 bridgehead atoms. The molecule has 2 aliphatic rings. The van der Waals surface area contributed by atoms with Gasteiger partial charge in [-0.1, -0.05) is 23.2 Å². The zero-order chi connectivity index (χ0) is 20.9. The number of amidine groups is 2. The van der Waals surface area contributed by atoms with Gasteiger partial charge >= 0.3 is 0 Å². The molecule has 1 aromatic carbocycles. The monoisotopic (exact) mass is 463 g/mol. The Hall–Kier alpha value is -2.00. The first-order valence-corrected chi connectivity index (χ1v) is 11.3. The molecule has 0 spiro atoms. The molecule has 10 heteroatoms. The van der Waals surface area contributed by atoms with Crippen molar-refractivity contribution in [3.8, 4) is 5.69 Å². The van der Waals surface area contributed by atoms with Crippen LogP contribution in [0.25, 0.3) is 11.8 Å². The molecule has 0 saturated heterocycles. The molecule has 148 valence electrons. The number of thioether (sulfide) groups is 2. The molecule has 1 N–H and O–H groups in total. The van der Waals surface area contributed by atoms with E-state index in [2.05, 4.69) is 10.1 Å². The average molecular weight is 464 g/mol. The van der Waals surface area contributed by atoms with Crippen LogP contribution in [0.3, 0.4) is 0 Å². The van der Waals surface area contributed by atoms with Gasteiger partial charge in [-0.05, 0) is 67.8 Å². The summed E-state index contributed by atoms with van der Waals surface area (Å²) in [6, 6.07) is 7.22. The summed E-state index contributed by atoms with van der Waals surface area (Å²) in [6.45, 7) is 3.88.